The van der Waals surface area contributed by atoms with Crippen molar-refractivity contribution in [2.75, 3.05) is 20.3 Å². The third kappa shape index (κ3) is 3.15. The molecular formula is C17H26O3. The van der Waals surface area contributed by atoms with Crippen molar-refractivity contribution in [2.24, 2.45) is 5.92 Å². The van der Waals surface area contributed by atoms with Crippen LogP contribution in [0.3, 0.4) is 0 Å². The van der Waals surface area contributed by atoms with Gasteiger partial charge in [-0.25, -0.2) is 0 Å². The molecule has 1 aromatic carbocycles. The van der Waals surface area contributed by atoms with Crippen molar-refractivity contribution in [3.8, 4) is 5.75 Å². The molecule has 1 fully saturated rings. The lowest BCUT2D eigenvalue weighted by Crippen LogP contribution is -2.38. The third-order valence-corrected chi connectivity index (χ3v) is 4.43. The normalized spacial score (nSPS) is 26.4. The molecule has 1 aromatic rings. The van der Waals surface area contributed by atoms with E-state index in [9.17, 15) is 5.11 Å². The summed E-state index contributed by atoms with van der Waals surface area (Å²) in [6.07, 6.45) is 5.23. The van der Waals surface area contributed by atoms with Gasteiger partial charge in [0.2, 0.25) is 0 Å². The maximum Gasteiger partial charge on any atom is 0.125 e. The Kier molecular flexibility index (Phi) is 5.44. The van der Waals surface area contributed by atoms with Gasteiger partial charge < -0.3 is 14.6 Å². The van der Waals surface area contributed by atoms with Crippen LogP contribution in [-0.4, -0.2) is 25.4 Å². The van der Waals surface area contributed by atoms with Crippen molar-refractivity contribution in [3.05, 3.63) is 29.8 Å². The van der Waals surface area contributed by atoms with Crippen molar-refractivity contribution >= 4 is 0 Å². The molecule has 0 spiro atoms. The molecule has 0 amide bonds. The Balaban J connectivity index is 2.25. The van der Waals surface area contributed by atoms with Crippen LogP contribution < -0.4 is 4.74 Å². The van der Waals surface area contributed by atoms with Gasteiger partial charge in [0.05, 0.1) is 12.2 Å². The Bertz CT molecular complexity index is 418. The second kappa shape index (κ2) is 7.09. The van der Waals surface area contributed by atoms with E-state index < -0.39 is 5.60 Å². The van der Waals surface area contributed by atoms with E-state index in [0.717, 1.165) is 37.0 Å². The van der Waals surface area contributed by atoms with Crippen LogP contribution in [0.1, 0.15) is 44.6 Å². The molecule has 1 aliphatic rings. The van der Waals surface area contributed by atoms with Gasteiger partial charge in [-0.05, 0) is 24.8 Å². The summed E-state index contributed by atoms with van der Waals surface area (Å²) < 4.78 is 10.8. The fourth-order valence-corrected chi connectivity index (χ4v) is 3.31. The lowest BCUT2D eigenvalue weighted by Gasteiger charge is -2.40. The Morgan fingerprint density at radius 1 is 1.25 bits per heavy atom. The summed E-state index contributed by atoms with van der Waals surface area (Å²) in [5.41, 5.74) is 0.207. The Morgan fingerprint density at radius 2 is 2.05 bits per heavy atom. The molecule has 0 saturated heterocycles. The lowest BCUT2D eigenvalue weighted by molar-refractivity contribution is -0.0577. The molecule has 2 atom stereocenters. The molecule has 3 nitrogen and oxygen atoms in total. The van der Waals surface area contributed by atoms with Crippen LogP contribution in [0.5, 0.6) is 5.75 Å². The SMILES string of the molecule is CCC1CCCCC1(O)c1ccccc1OCCOC. The lowest BCUT2D eigenvalue weighted by atomic mass is 9.70. The molecule has 2 unspecified atom stereocenters. The second-order valence-electron chi connectivity index (χ2n) is 5.61. The summed E-state index contributed by atoms with van der Waals surface area (Å²) in [6.45, 7) is 3.24. The van der Waals surface area contributed by atoms with Gasteiger partial charge in [0.15, 0.2) is 0 Å². The van der Waals surface area contributed by atoms with E-state index in [2.05, 4.69) is 6.92 Å². The van der Waals surface area contributed by atoms with Gasteiger partial charge in [0, 0.05) is 12.7 Å². The van der Waals surface area contributed by atoms with E-state index in [4.69, 9.17) is 9.47 Å². The largest absolute Gasteiger partial charge is 0.491 e. The van der Waals surface area contributed by atoms with Crippen molar-refractivity contribution in [1.82, 2.24) is 0 Å². The maximum absolute atomic E-state index is 11.2. The topological polar surface area (TPSA) is 38.7 Å². The number of para-hydroxylation sites is 1. The molecule has 0 bridgehead atoms. The van der Waals surface area contributed by atoms with Crippen LogP contribution in [0.4, 0.5) is 0 Å². The molecule has 1 aliphatic carbocycles. The summed E-state index contributed by atoms with van der Waals surface area (Å²) in [4.78, 5) is 0. The monoisotopic (exact) mass is 278 g/mol. The number of ether oxygens (including phenoxy) is 2. The van der Waals surface area contributed by atoms with Gasteiger partial charge in [-0.3, -0.25) is 0 Å². The van der Waals surface area contributed by atoms with E-state index >= 15 is 0 Å². The zero-order valence-electron chi connectivity index (χ0n) is 12.6. The molecule has 0 heterocycles. The third-order valence-electron chi connectivity index (χ3n) is 4.43. The molecule has 1 N–H and O–H groups in total. The average Bonchev–Trinajstić information content (AvgIpc) is 2.48. The molecule has 0 radical (unpaired) electrons. The van der Waals surface area contributed by atoms with Crippen LogP contribution in [0.2, 0.25) is 0 Å². The standard InChI is InChI=1S/C17H26O3/c1-3-14-8-6-7-11-17(14,18)15-9-4-5-10-16(15)20-13-12-19-2/h4-5,9-10,14,18H,3,6-8,11-13H2,1-2H3. The number of hydrogen-bond acceptors (Lipinski definition) is 3. The van der Waals surface area contributed by atoms with Gasteiger partial charge in [-0.1, -0.05) is 44.4 Å². The Labute approximate surface area is 121 Å². The van der Waals surface area contributed by atoms with Crippen LogP contribution in [0, 0.1) is 5.92 Å². The molecule has 3 heteroatoms. The summed E-state index contributed by atoms with van der Waals surface area (Å²) in [5.74, 6) is 1.12. The summed E-state index contributed by atoms with van der Waals surface area (Å²) in [5, 5.41) is 11.2. The second-order valence-corrected chi connectivity index (χ2v) is 5.61. The molecule has 112 valence electrons. The van der Waals surface area contributed by atoms with Crippen LogP contribution in [0.25, 0.3) is 0 Å². The van der Waals surface area contributed by atoms with Crippen molar-refractivity contribution in [1.29, 1.82) is 0 Å². The van der Waals surface area contributed by atoms with Crippen molar-refractivity contribution in [2.45, 2.75) is 44.6 Å². The average molecular weight is 278 g/mol. The summed E-state index contributed by atoms with van der Waals surface area (Å²) in [7, 11) is 1.66. The Morgan fingerprint density at radius 3 is 2.80 bits per heavy atom. The van der Waals surface area contributed by atoms with Crippen LogP contribution in [0.15, 0.2) is 24.3 Å². The van der Waals surface area contributed by atoms with E-state index in [-0.39, 0.29) is 0 Å². The first-order valence-electron chi connectivity index (χ1n) is 7.66. The highest BCUT2D eigenvalue weighted by Gasteiger charge is 2.41. The van der Waals surface area contributed by atoms with Gasteiger partial charge in [0.1, 0.15) is 12.4 Å². The zero-order valence-corrected chi connectivity index (χ0v) is 12.6. The molecule has 2 rings (SSSR count). The predicted octanol–water partition coefficient (Wildman–Crippen LogP) is 3.50. The maximum atomic E-state index is 11.2. The first kappa shape index (κ1) is 15.3. The van der Waals surface area contributed by atoms with Crippen molar-refractivity contribution in [3.63, 3.8) is 0 Å². The van der Waals surface area contributed by atoms with Gasteiger partial charge >= 0.3 is 0 Å². The first-order chi connectivity index (χ1) is 9.72. The summed E-state index contributed by atoms with van der Waals surface area (Å²) in [6, 6.07) is 7.90. The first-order valence-corrected chi connectivity index (χ1v) is 7.66. The van der Waals surface area contributed by atoms with Gasteiger partial charge in [0.25, 0.3) is 0 Å². The highest BCUT2D eigenvalue weighted by Crippen LogP contribution is 2.46. The number of aliphatic hydroxyl groups is 1. The molecule has 0 aromatic heterocycles. The van der Waals surface area contributed by atoms with Crippen molar-refractivity contribution < 1.29 is 14.6 Å². The smallest absolute Gasteiger partial charge is 0.125 e. The van der Waals surface area contributed by atoms with Crippen LogP contribution >= 0.6 is 0 Å². The fraction of sp³-hybridized carbons (Fsp3) is 0.647. The number of rotatable bonds is 6. The van der Waals surface area contributed by atoms with Gasteiger partial charge in [-0.2, -0.15) is 0 Å². The zero-order chi connectivity index (χ0) is 14.4. The quantitative estimate of drug-likeness (QED) is 0.809. The fourth-order valence-electron chi connectivity index (χ4n) is 3.31. The minimum absolute atomic E-state index is 0.323. The molecule has 1 saturated carbocycles. The predicted molar refractivity (Wildman–Crippen MR) is 80.0 cm³/mol. The van der Waals surface area contributed by atoms with E-state index in [0.29, 0.717) is 19.1 Å². The minimum atomic E-state index is -0.739. The highest BCUT2D eigenvalue weighted by molar-refractivity contribution is 5.39. The molecular weight excluding hydrogens is 252 g/mol. The minimum Gasteiger partial charge on any atom is -0.491 e. The number of methoxy groups -OCH3 is 1. The van der Waals surface area contributed by atoms with E-state index in [1.165, 1.54) is 6.42 Å². The Hall–Kier alpha value is -1.06. The van der Waals surface area contributed by atoms with E-state index in [1.54, 1.807) is 7.11 Å². The van der Waals surface area contributed by atoms with Crippen LogP contribution in [-0.2, 0) is 10.3 Å². The summed E-state index contributed by atoms with van der Waals surface area (Å²) >= 11 is 0. The number of hydrogen-bond donors (Lipinski definition) is 1. The molecule has 20 heavy (non-hydrogen) atoms. The molecule has 0 aliphatic heterocycles. The number of benzene rings is 1. The van der Waals surface area contributed by atoms with E-state index in [1.807, 2.05) is 24.3 Å². The van der Waals surface area contributed by atoms with Gasteiger partial charge in [-0.15, -0.1) is 0 Å². The highest BCUT2D eigenvalue weighted by atomic mass is 16.5.